The van der Waals surface area contributed by atoms with E-state index in [2.05, 4.69) is 10.9 Å². The van der Waals surface area contributed by atoms with Gasteiger partial charge in [0.15, 0.2) is 11.6 Å². The number of hydrogen-bond acceptors (Lipinski definition) is 7. The highest BCUT2D eigenvalue weighted by Crippen LogP contribution is 2.43. The third kappa shape index (κ3) is 7.04. The van der Waals surface area contributed by atoms with E-state index < -0.39 is 29.2 Å². The van der Waals surface area contributed by atoms with E-state index in [1.165, 1.54) is 6.07 Å². The lowest BCUT2D eigenvalue weighted by molar-refractivity contribution is -0.130. The van der Waals surface area contributed by atoms with Crippen molar-refractivity contribution in [3.8, 4) is 11.5 Å². The van der Waals surface area contributed by atoms with Crippen LogP contribution in [0.25, 0.3) is 0 Å². The number of aliphatic hydroxyl groups is 1. The number of amides is 1. The molecule has 0 saturated carbocycles. The molecule has 44 heavy (non-hydrogen) atoms. The van der Waals surface area contributed by atoms with Crippen LogP contribution in [-0.2, 0) is 22.5 Å². The molecule has 0 aromatic heterocycles. The number of carbonyl (C=O) groups excluding carboxylic acids is 1. The van der Waals surface area contributed by atoms with Gasteiger partial charge in [-0.25, -0.2) is 19.2 Å². The molecule has 8 nitrogen and oxygen atoms in total. The van der Waals surface area contributed by atoms with E-state index in [0.29, 0.717) is 35.7 Å². The molecule has 0 aliphatic carbocycles. The van der Waals surface area contributed by atoms with E-state index >= 15 is 0 Å². The number of nitrogens with zero attached hydrogens (tertiary/aromatic N) is 1. The van der Waals surface area contributed by atoms with Crippen molar-refractivity contribution in [3.05, 3.63) is 131 Å². The first-order valence-electron chi connectivity index (χ1n) is 14.2. The summed E-state index contributed by atoms with van der Waals surface area (Å²) in [6, 6.07) is 27.1. The Morgan fingerprint density at radius 1 is 0.977 bits per heavy atom. The summed E-state index contributed by atoms with van der Waals surface area (Å²) >= 11 is 0. The highest BCUT2D eigenvalue weighted by Gasteiger charge is 2.53. The summed E-state index contributed by atoms with van der Waals surface area (Å²) in [7, 11) is 1.56. The molecule has 0 unspecified atom stereocenters. The van der Waals surface area contributed by atoms with Crippen molar-refractivity contribution in [2.24, 2.45) is 4.99 Å². The second-order valence-electron chi connectivity index (χ2n) is 10.3. The summed E-state index contributed by atoms with van der Waals surface area (Å²) in [4.78, 5) is 19.2. The highest BCUT2D eigenvalue weighted by atomic mass is 19.1. The summed E-state index contributed by atoms with van der Waals surface area (Å²) < 4.78 is 45.3. The first-order chi connectivity index (χ1) is 21.4. The lowest BCUT2D eigenvalue weighted by Gasteiger charge is -2.31. The Labute approximate surface area is 254 Å². The van der Waals surface area contributed by atoms with Crippen LogP contribution in [0.15, 0.2) is 102 Å². The number of hydrogen-bond donors (Lipinski definition) is 3. The molecule has 0 saturated heterocycles. The Bertz CT molecular complexity index is 1600. The fourth-order valence-electron chi connectivity index (χ4n) is 4.99. The topological polar surface area (TPSA) is 101 Å². The van der Waals surface area contributed by atoms with Crippen molar-refractivity contribution in [2.75, 3.05) is 20.3 Å². The van der Waals surface area contributed by atoms with Crippen molar-refractivity contribution < 1.29 is 32.9 Å². The zero-order chi connectivity index (χ0) is 30.9. The maximum absolute atomic E-state index is 14.3. The van der Waals surface area contributed by atoms with Gasteiger partial charge in [-0.1, -0.05) is 48.5 Å². The van der Waals surface area contributed by atoms with Crippen LogP contribution in [0.3, 0.4) is 0 Å². The minimum absolute atomic E-state index is 0.0354. The quantitative estimate of drug-likeness (QED) is 0.146. The van der Waals surface area contributed by atoms with Gasteiger partial charge in [0.25, 0.3) is 5.91 Å². The Balaban J connectivity index is 1.51. The molecular weight excluding hydrogens is 568 g/mol. The Morgan fingerprint density at radius 3 is 2.50 bits per heavy atom. The van der Waals surface area contributed by atoms with Gasteiger partial charge in [-0.3, -0.25) is 10.2 Å². The predicted octanol–water partition coefficient (Wildman–Crippen LogP) is 5.06. The number of methoxy groups -OCH3 is 1. The van der Waals surface area contributed by atoms with Crippen LogP contribution < -0.4 is 20.3 Å². The molecule has 0 fully saturated rings. The van der Waals surface area contributed by atoms with Gasteiger partial charge in [0.05, 0.1) is 13.7 Å². The molecule has 1 aliphatic rings. The summed E-state index contributed by atoms with van der Waals surface area (Å²) in [5.74, 6) is -0.453. The molecule has 1 amide bonds. The van der Waals surface area contributed by atoms with Crippen LogP contribution in [-0.4, -0.2) is 42.8 Å². The molecule has 0 spiro atoms. The second-order valence-corrected chi connectivity index (χ2v) is 10.3. The standard InChI is InChI=1S/C34H33F2N3O5/c1-42-29-10-5-9-25(19-29)31-34(21-23-7-3-2-4-8-23,33(41)39-37-22-26-11-14-27(35)20-30(26)36)38-32(44-31)24-12-15-28(16-13-24)43-18-6-17-40/h2-5,7-16,19-20,31,37,40H,6,17-18,21-22H2,1H3,(H,39,41)/t31-,34-/m0/s1. The Hall–Kier alpha value is -4.80. The number of rotatable bonds is 13. The summed E-state index contributed by atoms with van der Waals surface area (Å²) in [5.41, 5.74) is 6.33. The number of halogens is 2. The van der Waals surface area contributed by atoms with Crippen molar-refractivity contribution in [2.45, 2.75) is 31.0 Å². The van der Waals surface area contributed by atoms with Gasteiger partial charge in [-0.2, -0.15) is 0 Å². The zero-order valence-electron chi connectivity index (χ0n) is 24.1. The number of nitrogens with one attached hydrogen (secondary N) is 2. The normalized spacial score (nSPS) is 17.5. The van der Waals surface area contributed by atoms with Crippen LogP contribution >= 0.6 is 0 Å². The monoisotopic (exact) mass is 601 g/mol. The van der Waals surface area contributed by atoms with Gasteiger partial charge in [0.2, 0.25) is 5.90 Å². The minimum atomic E-state index is -1.49. The maximum Gasteiger partial charge on any atom is 0.266 e. The molecule has 4 aromatic carbocycles. The number of aliphatic hydroxyl groups excluding tert-OH is 1. The van der Waals surface area contributed by atoms with Crippen LogP contribution in [0.2, 0.25) is 0 Å². The smallest absolute Gasteiger partial charge is 0.266 e. The van der Waals surface area contributed by atoms with Gasteiger partial charge in [-0.15, -0.1) is 0 Å². The van der Waals surface area contributed by atoms with Gasteiger partial charge < -0.3 is 19.3 Å². The van der Waals surface area contributed by atoms with E-state index in [0.717, 1.165) is 17.7 Å². The summed E-state index contributed by atoms with van der Waals surface area (Å²) in [6.45, 7) is 0.326. The molecule has 5 rings (SSSR count). The van der Waals surface area contributed by atoms with Gasteiger partial charge in [-0.05, 0) is 53.6 Å². The van der Waals surface area contributed by atoms with Gasteiger partial charge in [0.1, 0.15) is 23.1 Å². The Kier molecular flexibility index (Phi) is 9.83. The van der Waals surface area contributed by atoms with Crippen molar-refractivity contribution >= 4 is 11.8 Å². The molecule has 0 radical (unpaired) electrons. The molecule has 4 aromatic rings. The molecule has 2 atom stereocenters. The average molecular weight is 602 g/mol. The number of benzene rings is 4. The number of carbonyl (C=O) groups is 1. The SMILES string of the molecule is COc1cccc([C@@H]2OC(c3ccc(OCCCO)cc3)=N[C@]2(Cc2ccccc2)C(=O)NNCc2ccc(F)cc2F)c1. The van der Waals surface area contributed by atoms with Gasteiger partial charge in [0, 0.05) is 43.2 Å². The number of aliphatic imine (C=N–C) groups is 1. The lowest BCUT2D eigenvalue weighted by atomic mass is 9.82. The molecule has 1 aliphatic heterocycles. The molecule has 10 heteroatoms. The van der Waals surface area contributed by atoms with Gasteiger partial charge >= 0.3 is 0 Å². The lowest BCUT2D eigenvalue weighted by Crippen LogP contribution is -2.53. The molecule has 0 bridgehead atoms. The van der Waals surface area contributed by atoms with Crippen molar-refractivity contribution in [1.29, 1.82) is 0 Å². The zero-order valence-corrected chi connectivity index (χ0v) is 24.1. The summed E-state index contributed by atoms with van der Waals surface area (Å²) in [6.07, 6.45) is -0.170. The van der Waals surface area contributed by atoms with Crippen LogP contribution in [0.5, 0.6) is 11.5 Å². The molecular formula is C34H33F2N3O5. The fourth-order valence-corrected chi connectivity index (χ4v) is 4.99. The van der Waals surface area contributed by atoms with Crippen LogP contribution in [0, 0.1) is 11.6 Å². The molecule has 3 N–H and O–H groups in total. The van der Waals surface area contributed by atoms with E-state index in [1.54, 1.807) is 43.5 Å². The van der Waals surface area contributed by atoms with E-state index in [4.69, 9.17) is 24.3 Å². The van der Waals surface area contributed by atoms with E-state index in [-0.39, 0.29) is 31.0 Å². The first-order valence-corrected chi connectivity index (χ1v) is 14.2. The van der Waals surface area contributed by atoms with Crippen LogP contribution in [0.4, 0.5) is 8.78 Å². The number of ether oxygens (including phenoxy) is 3. The highest BCUT2D eigenvalue weighted by molar-refractivity contribution is 6.01. The number of hydrazine groups is 1. The predicted molar refractivity (Wildman–Crippen MR) is 161 cm³/mol. The minimum Gasteiger partial charge on any atom is -0.497 e. The molecule has 1 heterocycles. The first kappa shape index (κ1) is 30.7. The molecule has 228 valence electrons. The third-order valence-electron chi connectivity index (χ3n) is 7.24. The van der Waals surface area contributed by atoms with E-state index in [1.807, 2.05) is 42.5 Å². The summed E-state index contributed by atoms with van der Waals surface area (Å²) in [5, 5.41) is 9.03. The third-order valence-corrected chi connectivity index (χ3v) is 7.24. The fraction of sp³-hybridized carbons (Fsp3) is 0.235. The van der Waals surface area contributed by atoms with Crippen LogP contribution in [0.1, 0.15) is 34.8 Å². The van der Waals surface area contributed by atoms with Crippen molar-refractivity contribution in [1.82, 2.24) is 10.9 Å². The van der Waals surface area contributed by atoms with Crippen molar-refractivity contribution in [3.63, 3.8) is 0 Å². The average Bonchev–Trinajstić information content (AvgIpc) is 3.43. The largest absolute Gasteiger partial charge is 0.497 e. The van der Waals surface area contributed by atoms with E-state index in [9.17, 15) is 13.6 Å². The maximum atomic E-state index is 14.3. The Morgan fingerprint density at radius 2 is 1.77 bits per heavy atom. The second kappa shape index (κ2) is 14.1.